The summed E-state index contributed by atoms with van der Waals surface area (Å²) in [6, 6.07) is 7.19. The first kappa shape index (κ1) is 18.6. The highest BCUT2D eigenvalue weighted by molar-refractivity contribution is 6.31. The highest BCUT2D eigenvalue weighted by Gasteiger charge is 2.36. The minimum Gasteiger partial charge on any atom is -0.481 e. The van der Waals surface area contributed by atoms with E-state index in [1.54, 1.807) is 18.3 Å². The summed E-state index contributed by atoms with van der Waals surface area (Å²) in [5, 5.41) is 20.2. The number of carboxylic acid groups (broad SMARTS) is 1. The molecule has 0 bridgehead atoms. The van der Waals surface area contributed by atoms with Gasteiger partial charge in [0.1, 0.15) is 6.07 Å². The monoisotopic (exact) mass is 372 g/mol. The van der Waals surface area contributed by atoms with E-state index >= 15 is 0 Å². The molecule has 1 aliphatic heterocycles. The number of carbonyl (C=O) groups is 1. The molecule has 1 fully saturated rings. The number of hydrogen-bond donors (Lipinski definition) is 1. The first-order chi connectivity index (χ1) is 12.5. The number of pyridine rings is 1. The number of fused-ring (bicyclic) bond motifs is 1. The highest BCUT2D eigenvalue weighted by atomic mass is 35.5. The van der Waals surface area contributed by atoms with E-state index in [0.29, 0.717) is 30.1 Å². The van der Waals surface area contributed by atoms with Crippen molar-refractivity contribution in [2.45, 2.75) is 18.6 Å². The zero-order chi connectivity index (χ0) is 18.8. The summed E-state index contributed by atoms with van der Waals surface area (Å²) in [6.07, 6.45) is 1.58. The fourth-order valence-electron chi connectivity index (χ4n) is 3.56. The molecule has 2 aromatic rings. The molecule has 26 heavy (non-hydrogen) atoms. The van der Waals surface area contributed by atoms with Crippen LogP contribution in [-0.4, -0.2) is 47.3 Å². The summed E-state index contributed by atoms with van der Waals surface area (Å²) in [5.41, 5.74) is 1.93. The number of hydrogen-bond acceptors (Lipinski definition) is 5. The van der Waals surface area contributed by atoms with E-state index in [-0.39, 0.29) is 6.04 Å². The molecule has 7 heteroatoms. The van der Waals surface area contributed by atoms with Crippen molar-refractivity contribution >= 4 is 28.5 Å². The quantitative estimate of drug-likeness (QED) is 0.887. The Kier molecular flexibility index (Phi) is 5.42. The Morgan fingerprint density at radius 3 is 3.00 bits per heavy atom. The third-order valence-corrected chi connectivity index (χ3v) is 5.21. The molecule has 2 heterocycles. The minimum atomic E-state index is -0.851. The Balaban J connectivity index is 2.00. The lowest BCUT2D eigenvalue weighted by Gasteiger charge is -2.39. The Morgan fingerprint density at radius 2 is 2.35 bits per heavy atom. The molecule has 0 spiro atoms. The molecule has 1 saturated heterocycles. The second-order valence-electron chi connectivity index (χ2n) is 6.38. The number of carboxylic acids is 1. The summed E-state index contributed by atoms with van der Waals surface area (Å²) < 4.78 is 5.40. The second-order valence-corrected chi connectivity index (χ2v) is 6.81. The number of aromatic nitrogens is 1. The Morgan fingerprint density at radius 1 is 1.58 bits per heavy atom. The molecule has 6 nitrogen and oxygen atoms in total. The minimum absolute atomic E-state index is 0.346. The predicted molar refractivity (Wildman–Crippen MR) is 97.7 cm³/mol. The van der Waals surface area contributed by atoms with Gasteiger partial charge in [-0.2, -0.15) is 5.26 Å². The van der Waals surface area contributed by atoms with Gasteiger partial charge < -0.3 is 9.84 Å². The molecule has 1 aliphatic rings. The second kappa shape index (κ2) is 7.58. The van der Waals surface area contributed by atoms with Crippen LogP contribution in [0.25, 0.3) is 10.9 Å². The number of piperidine rings is 1. The Labute approximate surface area is 157 Å². The number of nitrogens with zero attached hydrogens (tertiary/aromatic N) is 3. The van der Waals surface area contributed by atoms with Crippen molar-refractivity contribution < 1.29 is 14.6 Å². The summed E-state index contributed by atoms with van der Waals surface area (Å²) in [5.74, 6) is -1.39. The molecule has 1 aromatic carbocycles. The average Bonchev–Trinajstić information content (AvgIpc) is 2.65. The van der Waals surface area contributed by atoms with Crippen LogP contribution in [-0.2, 0) is 9.53 Å². The van der Waals surface area contributed by atoms with Crippen molar-refractivity contribution in [2.75, 3.05) is 20.2 Å². The van der Waals surface area contributed by atoms with Gasteiger partial charge in [-0.25, -0.2) is 0 Å². The van der Waals surface area contributed by atoms with Gasteiger partial charge in [0.25, 0.3) is 0 Å². The van der Waals surface area contributed by atoms with E-state index in [9.17, 15) is 15.2 Å². The highest BCUT2D eigenvalue weighted by Crippen LogP contribution is 2.34. The Hall–Kier alpha value is -2.20. The van der Waals surface area contributed by atoms with E-state index in [0.717, 1.165) is 16.5 Å². The summed E-state index contributed by atoms with van der Waals surface area (Å²) in [7, 11) is 1.52. The molecular weight excluding hydrogens is 354 g/mol. The number of likely N-dealkylation sites (tertiary alicyclic amines) is 1. The maximum atomic E-state index is 11.4. The number of benzene rings is 1. The van der Waals surface area contributed by atoms with E-state index in [4.69, 9.17) is 16.3 Å². The molecule has 0 saturated carbocycles. The van der Waals surface area contributed by atoms with Gasteiger partial charge in [-0.1, -0.05) is 11.6 Å². The van der Waals surface area contributed by atoms with Crippen molar-refractivity contribution in [2.24, 2.45) is 5.92 Å². The SMILES string of the molecule is [CH2][C@@H](c1c(C#N)cnc2ccc(Cl)cc12)N1CCC(C(=O)O)C(OC)C1. The zero-order valence-corrected chi connectivity index (χ0v) is 15.1. The molecule has 1 aromatic heterocycles. The topological polar surface area (TPSA) is 86.5 Å². The number of rotatable bonds is 4. The zero-order valence-electron chi connectivity index (χ0n) is 14.4. The van der Waals surface area contributed by atoms with Gasteiger partial charge in [-0.3, -0.25) is 14.7 Å². The van der Waals surface area contributed by atoms with Crippen molar-refractivity contribution in [3.8, 4) is 6.07 Å². The number of halogens is 1. The summed E-state index contributed by atoms with van der Waals surface area (Å²) in [6.45, 7) is 5.24. The maximum Gasteiger partial charge on any atom is 0.309 e. The number of ether oxygens (including phenoxy) is 1. The molecule has 1 radical (unpaired) electrons. The van der Waals surface area contributed by atoms with Gasteiger partial charge in [0.05, 0.1) is 23.1 Å². The first-order valence-corrected chi connectivity index (χ1v) is 8.65. The average molecular weight is 373 g/mol. The largest absolute Gasteiger partial charge is 0.481 e. The molecule has 2 unspecified atom stereocenters. The number of aliphatic carboxylic acids is 1. The van der Waals surface area contributed by atoms with Gasteiger partial charge in [0, 0.05) is 36.3 Å². The van der Waals surface area contributed by atoms with Gasteiger partial charge in [-0.15, -0.1) is 0 Å². The van der Waals surface area contributed by atoms with E-state index in [2.05, 4.69) is 18.0 Å². The van der Waals surface area contributed by atoms with Gasteiger partial charge in [0.2, 0.25) is 0 Å². The van der Waals surface area contributed by atoms with Gasteiger partial charge in [0.15, 0.2) is 0 Å². The van der Waals surface area contributed by atoms with Crippen molar-refractivity contribution in [1.29, 1.82) is 5.26 Å². The fourth-order valence-corrected chi connectivity index (χ4v) is 3.73. The van der Waals surface area contributed by atoms with Crippen LogP contribution in [0.1, 0.15) is 23.6 Å². The smallest absolute Gasteiger partial charge is 0.309 e. The molecule has 0 amide bonds. The third kappa shape index (κ3) is 3.38. The van der Waals surface area contributed by atoms with Crippen LogP contribution in [0.4, 0.5) is 0 Å². The third-order valence-electron chi connectivity index (χ3n) is 4.98. The molecule has 135 valence electrons. The van der Waals surface area contributed by atoms with Crippen LogP contribution in [0.3, 0.4) is 0 Å². The maximum absolute atomic E-state index is 11.4. The molecule has 1 N–H and O–H groups in total. The molecule has 3 rings (SSSR count). The van der Waals surface area contributed by atoms with Crippen LogP contribution in [0, 0.1) is 24.2 Å². The standard InChI is InChI=1S/C19H19ClN3O3/c1-11(23-6-5-14(19(24)25)17(10-23)26-2)18-12(8-21)9-22-16-4-3-13(20)7-15(16)18/h3-4,7,9,11,14,17H,1,5-6,10H2,2H3,(H,24,25)/t11-,14?,17?/m0/s1. The molecule has 0 aliphatic carbocycles. The van der Waals surface area contributed by atoms with Crippen LogP contribution >= 0.6 is 11.6 Å². The normalized spacial score (nSPS) is 22.1. The van der Waals surface area contributed by atoms with Crippen LogP contribution < -0.4 is 0 Å². The first-order valence-electron chi connectivity index (χ1n) is 8.27. The molecule has 3 atom stereocenters. The van der Waals surface area contributed by atoms with Crippen LogP contribution in [0.5, 0.6) is 0 Å². The number of nitriles is 1. The summed E-state index contributed by atoms with van der Waals surface area (Å²) in [4.78, 5) is 17.8. The van der Waals surface area contributed by atoms with Gasteiger partial charge >= 0.3 is 5.97 Å². The van der Waals surface area contributed by atoms with E-state index in [1.807, 2.05) is 11.0 Å². The lowest BCUT2D eigenvalue weighted by molar-refractivity contribution is -0.150. The lowest BCUT2D eigenvalue weighted by atomic mass is 9.90. The van der Waals surface area contributed by atoms with Crippen molar-refractivity contribution in [1.82, 2.24) is 9.88 Å². The van der Waals surface area contributed by atoms with Crippen LogP contribution in [0.2, 0.25) is 5.02 Å². The van der Waals surface area contributed by atoms with E-state index < -0.39 is 18.0 Å². The fraction of sp³-hybridized carbons (Fsp3) is 0.368. The predicted octanol–water partition coefficient (Wildman–Crippen LogP) is 3.06. The van der Waals surface area contributed by atoms with E-state index in [1.165, 1.54) is 7.11 Å². The number of methoxy groups -OCH3 is 1. The van der Waals surface area contributed by atoms with Gasteiger partial charge in [-0.05, 0) is 43.7 Å². The van der Waals surface area contributed by atoms with Crippen molar-refractivity contribution in [3.05, 3.63) is 47.5 Å². The van der Waals surface area contributed by atoms with Crippen molar-refractivity contribution in [3.63, 3.8) is 0 Å². The molecular formula is C19H19ClN3O3. The lowest BCUT2D eigenvalue weighted by Crippen LogP contribution is -2.48. The van der Waals surface area contributed by atoms with Crippen LogP contribution in [0.15, 0.2) is 24.4 Å². The summed E-state index contributed by atoms with van der Waals surface area (Å²) >= 11 is 6.15. The Bertz CT molecular complexity index is 880.